The van der Waals surface area contributed by atoms with Crippen LogP contribution in [0.1, 0.15) is 45.7 Å². The van der Waals surface area contributed by atoms with Crippen LogP contribution in [0.15, 0.2) is 18.2 Å². The number of para-hydroxylation sites is 1. The molecule has 15 heavy (non-hydrogen) atoms. The highest BCUT2D eigenvalue weighted by molar-refractivity contribution is 5.46. The van der Waals surface area contributed by atoms with Crippen molar-refractivity contribution in [2.75, 3.05) is 0 Å². The van der Waals surface area contributed by atoms with E-state index in [9.17, 15) is 10.2 Å². The molecule has 0 aliphatic rings. The summed E-state index contributed by atoms with van der Waals surface area (Å²) in [6, 6.07) is 5.52. The van der Waals surface area contributed by atoms with E-state index in [1.165, 1.54) is 0 Å². The second-order valence-corrected chi connectivity index (χ2v) is 5.51. The van der Waals surface area contributed by atoms with Crippen LogP contribution in [-0.2, 0) is 11.0 Å². The van der Waals surface area contributed by atoms with Crippen LogP contribution < -0.4 is 0 Å². The molecular weight excluding hydrogens is 188 g/mol. The van der Waals surface area contributed by atoms with Crippen LogP contribution in [0.2, 0.25) is 0 Å². The maximum Gasteiger partial charge on any atom is 0.125 e. The summed E-state index contributed by atoms with van der Waals surface area (Å²) < 4.78 is 0. The number of hydrogen-bond donors (Lipinski definition) is 2. The van der Waals surface area contributed by atoms with Gasteiger partial charge in [-0.2, -0.15) is 0 Å². The highest BCUT2D eigenvalue weighted by atomic mass is 16.3. The smallest absolute Gasteiger partial charge is 0.125 e. The minimum atomic E-state index is -1.01. The van der Waals surface area contributed by atoms with Crippen molar-refractivity contribution in [3.63, 3.8) is 0 Å². The molecule has 1 aromatic carbocycles. The van der Waals surface area contributed by atoms with Crippen LogP contribution in [0.25, 0.3) is 0 Å². The van der Waals surface area contributed by atoms with Crippen LogP contribution >= 0.6 is 0 Å². The Hall–Kier alpha value is -1.02. The maximum atomic E-state index is 10.1. The molecule has 1 rings (SSSR count). The molecule has 0 unspecified atom stereocenters. The molecule has 1 aromatic rings. The van der Waals surface area contributed by atoms with Crippen LogP contribution in [0, 0.1) is 0 Å². The Kier molecular flexibility index (Phi) is 2.83. The van der Waals surface area contributed by atoms with E-state index in [0.717, 1.165) is 5.56 Å². The predicted molar refractivity (Wildman–Crippen MR) is 62.1 cm³/mol. The first-order valence-corrected chi connectivity index (χ1v) is 5.19. The number of aromatic hydroxyl groups is 1. The third-order valence-electron chi connectivity index (χ3n) is 2.50. The number of phenolic OH excluding ortho intramolecular Hbond substituents is 1. The van der Waals surface area contributed by atoms with Gasteiger partial charge in [-0.05, 0) is 24.8 Å². The molecule has 2 heteroatoms. The summed E-state index contributed by atoms with van der Waals surface area (Å²) in [5, 5.41) is 20.0. The van der Waals surface area contributed by atoms with E-state index >= 15 is 0 Å². The molecule has 0 radical (unpaired) electrons. The summed E-state index contributed by atoms with van der Waals surface area (Å²) in [6.45, 7) is 9.46. The largest absolute Gasteiger partial charge is 0.507 e. The van der Waals surface area contributed by atoms with E-state index in [-0.39, 0.29) is 11.2 Å². The van der Waals surface area contributed by atoms with Gasteiger partial charge in [-0.15, -0.1) is 0 Å². The zero-order valence-corrected chi connectivity index (χ0v) is 10.1. The van der Waals surface area contributed by atoms with Crippen molar-refractivity contribution >= 4 is 0 Å². The quantitative estimate of drug-likeness (QED) is 0.745. The highest BCUT2D eigenvalue weighted by Crippen LogP contribution is 2.37. The minimum Gasteiger partial charge on any atom is -0.507 e. The molecule has 0 heterocycles. The molecule has 0 atom stereocenters. The van der Waals surface area contributed by atoms with Gasteiger partial charge in [0.05, 0.1) is 5.60 Å². The van der Waals surface area contributed by atoms with Gasteiger partial charge in [0.15, 0.2) is 0 Å². The molecule has 0 amide bonds. The molecule has 0 spiro atoms. The molecule has 84 valence electrons. The molecule has 0 aliphatic carbocycles. The fourth-order valence-electron chi connectivity index (χ4n) is 1.64. The Morgan fingerprint density at radius 3 is 1.80 bits per heavy atom. The second-order valence-electron chi connectivity index (χ2n) is 5.51. The van der Waals surface area contributed by atoms with Gasteiger partial charge in [0, 0.05) is 5.56 Å². The van der Waals surface area contributed by atoms with Crippen molar-refractivity contribution in [3.05, 3.63) is 29.3 Å². The summed E-state index contributed by atoms with van der Waals surface area (Å²) in [5.41, 5.74) is 0.313. The van der Waals surface area contributed by atoms with Crippen molar-refractivity contribution in [1.82, 2.24) is 0 Å². The van der Waals surface area contributed by atoms with Gasteiger partial charge >= 0.3 is 0 Å². The van der Waals surface area contributed by atoms with E-state index in [1.807, 2.05) is 32.9 Å². The zero-order valence-electron chi connectivity index (χ0n) is 10.1. The van der Waals surface area contributed by atoms with Gasteiger partial charge < -0.3 is 10.2 Å². The Morgan fingerprint density at radius 2 is 1.40 bits per heavy atom. The van der Waals surface area contributed by atoms with E-state index in [0.29, 0.717) is 5.56 Å². The second kappa shape index (κ2) is 3.53. The van der Waals surface area contributed by atoms with Gasteiger partial charge in [0.25, 0.3) is 0 Å². The SMILES string of the molecule is CC(C)(C)c1cccc(C(C)(C)O)c1O. The van der Waals surface area contributed by atoms with Gasteiger partial charge in [-0.1, -0.05) is 39.0 Å². The molecule has 0 saturated carbocycles. The predicted octanol–water partition coefficient (Wildman–Crippen LogP) is 2.92. The Bertz CT molecular complexity index is 322. The summed E-state index contributed by atoms with van der Waals surface area (Å²) >= 11 is 0. The van der Waals surface area contributed by atoms with Crippen molar-refractivity contribution < 1.29 is 10.2 Å². The number of benzene rings is 1. The first-order chi connectivity index (χ1) is 6.64. The lowest BCUT2D eigenvalue weighted by atomic mass is 9.83. The Labute approximate surface area is 91.6 Å². The van der Waals surface area contributed by atoms with Crippen LogP contribution in [0.5, 0.6) is 5.75 Å². The van der Waals surface area contributed by atoms with Crippen molar-refractivity contribution in [1.29, 1.82) is 0 Å². The highest BCUT2D eigenvalue weighted by Gasteiger charge is 2.25. The molecule has 0 bridgehead atoms. The van der Waals surface area contributed by atoms with Crippen molar-refractivity contribution in [3.8, 4) is 5.75 Å². The first-order valence-electron chi connectivity index (χ1n) is 5.19. The number of rotatable bonds is 1. The molecule has 0 fully saturated rings. The van der Waals surface area contributed by atoms with Crippen LogP contribution in [0.4, 0.5) is 0 Å². The lowest BCUT2D eigenvalue weighted by Crippen LogP contribution is -2.19. The molecule has 2 nitrogen and oxygen atoms in total. The molecule has 0 saturated heterocycles. The summed E-state index contributed by atoms with van der Waals surface area (Å²) in [5.74, 6) is 0.206. The average molecular weight is 208 g/mol. The Morgan fingerprint density at radius 1 is 0.933 bits per heavy atom. The van der Waals surface area contributed by atoms with E-state index in [4.69, 9.17) is 0 Å². The number of aliphatic hydroxyl groups is 1. The van der Waals surface area contributed by atoms with Crippen molar-refractivity contribution in [2.24, 2.45) is 0 Å². The zero-order chi connectivity index (χ0) is 11.9. The van der Waals surface area contributed by atoms with Crippen LogP contribution in [-0.4, -0.2) is 10.2 Å². The molecular formula is C13H20O2. The molecule has 2 N–H and O–H groups in total. The summed E-state index contributed by atoms with van der Waals surface area (Å²) in [7, 11) is 0. The molecule has 0 aromatic heterocycles. The van der Waals surface area contributed by atoms with E-state index < -0.39 is 5.60 Å². The van der Waals surface area contributed by atoms with Crippen molar-refractivity contribution in [2.45, 2.75) is 45.6 Å². The average Bonchev–Trinajstić information content (AvgIpc) is 1.99. The van der Waals surface area contributed by atoms with Gasteiger partial charge in [0.1, 0.15) is 5.75 Å². The lowest BCUT2D eigenvalue weighted by molar-refractivity contribution is 0.0755. The minimum absolute atomic E-state index is 0.120. The first kappa shape index (κ1) is 12.1. The number of hydrogen-bond acceptors (Lipinski definition) is 2. The molecule has 0 aliphatic heterocycles. The Balaban J connectivity index is 3.37. The maximum absolute atomic E-state index is 10.1. The topological polar surface area (TPSA) is 40.5 Å². The standard InChI is InChI=1S/C13H20O2/c1-12(2,3)9-7-6-8-10(11(9)14)13(4,5)15/h6-8,14-15H,1-5H3. The lowest BCUT2D eigenvalue weighted by Gasteiger charge is -2.26. The summed E-state index contributed by atoms with van der Waals surface area (Å²) in [6.07, 6.45) is 0. The van der Waals surface area contributed by atoms with Crippen LogP contribution in [0.3, 0.4) is 0 Å². The third-order valence-corrected chi connectivity index (χ3v) is 2.50. The third kappa shape index (κ3) is 2.51. The number of phenols is 1. The van der Waals surface area contributed by atoms with Gasteiger partial charge in [-0.25, -0.2) is 0 Å². The summed E-state index contributed by atoms with van der Waals surface area (Å²) in [4.78, 5) is 0. The van der Waals surface area contributed by atoms with E-state index in [2.05, 4.69) is 0 Å². The normalized spacial score (nSPS) is 12.9. The van der Waals surface area contributed by atoms with Gasteiger partial charge in [-0.3, -0.25) is 0 Å². The van der Waals surface area contributed by atoms with E-state index in [1.54, 1.807) is 19.9 Å². The fourth-order valence-corrected chi connectivity index (χ4v) is 1.64. The fraction of sp³-hybridized carbons (Fsp3) is 0.538. The van der Waals surface area contributed by atoms with Gasteiger partial charge in [0.2, 0.25) is 0 Å². The monoisotopic (exact) mass is 208 g/mol.